The van der Waals surface area contributed by atoms with Crippen LogP contribution in [0.4, 0.5) is 0 Å². The summed E-state index contributed by atoms with van der Waals surface area (Å²) in [5.41, 5.74) is 2.72. The van der Waals surface area contributed by atoms with Crippen molar-refractivity contribution < 1.29 is 0 Å². The summed E-state index contributed by atoms with van der Waals surface area (Å²) in [4.78, 5) is 19.5. The minimum absolute atomic E-state index is 0.0308. The van der Waals surface area contributed by atoms with Gasteiger partial charge in [0.1, 0.15) is 0 Å². The molecule has 0 bridgehead atoms. The second-order valence-electron chi connectivity index (χ2n) is 4.94. The number of thioether (sulfide) groups is 1. The maximum Gasteiger partial charge on any atom is 0.254 e. The first-order valence-corrected chi connectivity index (χ1v) is 7.78. The number of hydrogen-bond acceptors (Lipinski definition) is 3. The number of aromatic amines is 1. The van der Waals surface area contributed by atoms with Crippen LogP contribution in [-0.2, 0) is 6.42 Å². The van der Waals surface area contributed by atoms with Crippen LogP contribution in [0.2, 0.25) is 0 Å². The Hall–Kier alpha value is -1.55. The zero-order valence-electron chi connectivity index (χ0n) is 12.1. The fraction of sp³-hybridized carbons (Fsp3) is 0.375. The lowest BCUT2D eigenvalue weighted by Crippen LogP contribution is -2.16. The molecule has 20 heavy (non-hydrogen) atoms. The first-order valence-electron chi connectivity index (χ1n) is 6.90. The van der Waals surface area contributed by atoms with Crippen LogP contribution in [0.15, 0.2) is 40.3 Å². The van der Waals surface area contributed by atoms with Gasteiger partial charge in [-0.3, -0.25) is 4.79 Å². The van der Waals surface area contributed by atoms with Crippen LogP contribution in [-0.4, -0.2) is 15.2 Å². The normalized spacial score (nSPS) is 12.3. The molecule has 0 saturated carbocycles. The van der Waals surface area contributed by atoms with Gasteiger partial charge < -0.3 is 4.98 Å². The Morgan fingerprint density at radius 2 is 2.00 bits per heavy atom. The average Bonchev–Trinajstić information content (AvgIpc) is 2.45. The Morgan fingerprint density at radius 3 is 2.65 bits per heavy atom. The molecule has 1 unspecified atom stereocenters. The first kappa shape index (κ1) is 14.9. The topological polar surface area (TPSA) is 45.8 Å². The number of hydrogen-bond donors (Lipinski definition) is 1. The van der Waals surface area contributed by atoms with Gasteiger partial charge in [0.05, 0.1) is 5.69 Å². The minimum atomic E-state index is -0.0308. The summed E-state index contributed by atoms with van der Waals surface area (Å²) in [5, 5.41) is 1.17. The van der Waals surface area contributed by atoms with E-state index in [0.29, 0.717) is 17.2 Å². The summed E-state index contributed by atoms with van der Waals surface area (Å²) in [6.07, 6.45) is 1.75. The van der Waals surface area contributed by atoms with Crippen LogP contribution < -0.4 is 5.56 Å². The molecule has 0 spiro atoms. The highest BCUT2D eigenvalue weighted by atomic mass is 32.2. The van der Waals surface area contributed by atoms with E-state index in [2.05, 4.69) is 35.9 Å². The molecule has 1 atom stereocenters. The Kier molecular flexibility index (Phi) is 5.01. The van der Waals surface area contributed by atoms with Gasteiger partial charge in [-0.05, 0) is 18.9 Å². The molecular weight excluding hydrogens is 268 g/mol. The summed E-state index contributed by atoms with van der Waals surface area (Å²) >= 11 is 1.62. The van der Waals surface area contributed by atoms with E-state index >= 15 is 0 Å². The molecule has 0 amide bonds. The Bertz CT molecular complexity index is 622. The van der Waals surface area contributed by atoms with Crippen LogP contribution in [0.25, 0.3) is 0 Å². The van der Waals surface area contributed by atoms with Crippen molar-refractivity contribution in [2.75, 3.05) is 0 Å². The van der Waals surface area contributed by atoms with E-state index in [9.17, 15) is 4.79 Å². The molecule has 3 nitrogen and oxygen atoms in total. The van der Waals surface area contributed by atoms with E-state index in [4.69, 9.17) is 0 Å². The quantitative estimate of drug-likeness (QED) is 0.676. The molecule has 2 rings (SSSR count). The monoisotopic (exact) mass is 288 g/mol. The highest BCUT2D eigenvalue weighted by molar-refractivity contribution is 7.99. The fourth-order valence-corrected chi connectivity index (χ4v) is 2.71. The molecule has 0 aliphatic rings. The number of aromatic nitrogens is 2. The molecule has 0 radical (unpaired) electrons. The lowest BCUT2D eigenvalue weighted by molar-refractivity contribution is 0.840. The molecule has 1 aromatic heterocycles. The molecule has 0 saturated heterocycles. The summed E-state index contributed by atoms with van der Waals surface area (Å²) in [6, 6.07) is 10.1. The van der Waals surface area contributed by atoms with Gasteiger partial charge in [0.2, 0.25) is 0 Å². The second kappa shape index (κ2) is 6.75. The van der Waals surface area contributed by atoms with Gasteiger partial charge in [0.25, 0.3) is 5.56 Å². The zero-order chi connectivity index (χ0) is 14.5. The summed E-state index contributed by atoms with van der Waals surface area (Å²) < 4.78 is 0. The predicted octanol–water partition coefficient (Wildman–Crippen LogP) is 3.56. The van der Waals surface area contributed by atoms with Crippen molar-refractivity contribution in [1.82, 2.24) is 9.97 Å². The van der Waals surface area contributed by atoms with Crippen molar-refractivity contribution in [3.63, 3.8) is 0 Å². The van der Waals surface area contributed by atoms with Crippen LogP contribution >= 0.6 is 11.8 Å². The lowest BCUT2D eigenvalue weighted by Gasteiger charge is -2.10. The molecule has 4 heteroatoms. The van der Waals surface area contributed by atoms with Crippen LogP contribution in [0.3, 0.4) is 0 Å². The van der Waals surface area contributed by atoms with Gasteiger partial charge in [-0.15, -0.1) is 0 Å². The van der Waals surface area contributed by atoms with E-state index in [1.54, 1.807) is 11.8 Å². The maximum atomic E-state index is 12.0. The molecule has 0 fully saturated rings. The number of nitrogens with zero attached hydrogens (tertiary/aromatic N) is 1. The number of benzene rings is 1. The summed E-state index contributed by atoms with van der Waals surface area (Å²) in [7, 11) is 0. The molecular formula is C16H20N2OS. The fourth-order valence-electron chi connectivity index (χ4n) is 1.85. The van der Waals surface area contributed by atoms with Crippen LogP contribution in [0, 0.1) is 6.92 Å². The van der Waals surface area contributed by atoms with Crippen molar-refractivity contribution in [2.45, 2.75) is 44.0 Å². The lowest BCUT2D eigenvalue weighted by atomic mass is 10.1. The third-order valence-electron chi connectivity index (χ3n) is 3.33. The van der Waals surface area contributed by atoms with E-state index in [1.807, 2.05) is 25.1 Å². The largest absolute Gasteiger partial charge is 0.301 e. The molecule has 0 aliphatic heterocycles. The smallest absolute Gasteiger partial charge is 0.254 e. The van der Waals surface area contributed by atoms with Gasteiger partial charge >= 0.3 is 0 Å². The Labute approximate surface area is 123 Å². The van der Waals surface area contributed by atoms with Gasteiger partial charge in [-0.2, -0.15) is 0 Å². The third kappa shape index (κ3) is 3.73. The molecule has 0 aliphatic carbocycles. The highest BCUT2D eigenvalue weighted by Gasteiger charge is 2.10. The Balaban J connectivity index is 2.30. The predicted molar refractivity (Wildman–Crippen MR) is 84.5 cm³/mol. The second-order valence-corrected chi connectivity index (χ2v) is 6.37. The van der Waals surface area contributed by atoms with Crippen molar-refractivity contribution >= 4 is 11.8 Å². The van der Waals surface area contributed by atoms with Gasteiger partial charge in [0.15, 0.2) is 5.16 Å². The SMILES string of the molecule is CCC(C)Sc1nc(Cc2ccccc2)c(C)c(=O)[nH]1. The Morgan fingerprint density at radius 1 is 1.30 bits per heavy atom. The zero-order valence-corrected chi connectivity index (χ0v) is 13.0. The number of nitrogens with one attached hydrogen (secondary N) is 1. The summed E-state index contributed by atoms with van der Waals surface area (Å²) in [5.74, 6) is 0. The number of rotatable bonds is 5. The molecule has 2 aromatic rings. The molecule has 106 valence electrons. The van der Waals surface area contributed by atoms with E-state index in [1.165, 1.54) is 5.56 Å². The molecule has 1 aromatic carbocycles. The van der Waals surface area contributed by atoms with Gasteiger partial charge in [-0.25, -0.2) is 4.98 Å². The van der Waals surface area contributed by atoms with Gasteiger partial charge in [-0.1, -0.05) is 55.9 Å². The average molecular weight is 288 g/mol. The third-order valence-corrected chi connectivity index (χ3v) is 4.48. The van der Waals surface area contributed by atoms with Crippen LogP contribution in [0.1, 0.15) is 37.1 Å². The van der Waals surface area contributed by atoms with Gasteiger partial charge in [0, 0.05) is 17.2 Å². The summed E-state index contributed by atoms with van der Waals surface area (Å²) in [6.45, 7) is 6.11. The highest BCUT2D eigenvalue weighted by Crippen LogP contribution is 2.21. The van der Waals surface area contributed by atoms with Crippen molar-refractivity contribution in [3.8, 4) is 0 Å². The standard InChI is InChI=1S/C16H20N2OS/c1-4-11(2)20-16-17-14(12(3)15(19)18-16)10-13-8-6-5-7-9-13/h5-9,11H,4,10H2,1-3H3,(H,17,18,19). The maximum absolute atomic E-state index is 12.0. The minimum Gasteiger partial charge on any atom is -0.301 e. The van der Waals surface area contributed by atoms with E-state index in [-0.39, 0.29) is 5.56 Å². The molecule has 1 N–H and O–H groups in total. The van der Waals surface area contributed by atoms with Crippen molar-refractivity contribution in [2.24, 2.45) is 0 Å². The van der Waals surface area contributed by atoms with Crippen molar-refractivity contribution in [3.05, 3.63) is 57.5 Å². The van der Waals surface area contributed by atoms with E-state index in [0.717, 1.165) is 17.3 Å². The first-order chi connectivity index (χ1) is 9.60. The molecule has 1 heterocycles. The van der Waals surface area contributed by atoms with Crippen LogP contribution in [0.5, 0.6) is 0 Å². The van der Waals surface area contributed by atoms with E-state index < -0.39 is 0 Å². The number of H-pyrrole nitrogens is 1. The van der Waals surface area contributed by atoms with Crippen molar-refractivity contribution in [1.29, 1.82) is 0 Å².